The molecule has 0 spiro atoms. The normalized spacial score (nSPS) is 34.8. The smallest absolute Gasteiger partial charge is 0.223 e. The number of amides is 1. The average molecular weight is 283 g/mol. The number of hydrogen-bond acceptors (Lipinski definition) is 4. The molecule has 4 unspecified atom stereocenters. The van der Waals surface area contributed by atoms with Crippen molar-refractivity contribution >= 4 is 5.91 Å². The van der Waals surface area contributed by atoms with Gasteiger partial charge in [0.15, 0.2) is 0 Å². The summed E-state index contributed by atoms with van der Waals surface area (Å²) >= 11 is 0. The lowest BCUT2D eigenvalue weighted by Crippen LogP contribution is -2.44. The summed E-state index contributed by atoms with van der Waals surface area (Å²) in [5.74, 6) is 0.504. The van der Waals surface area contributed by atoms with Crippen LogP contribution in [0.2, 0.25) is 0 Å². The molecule has 0 bridgehead atoms. The molecule has 1 heterocycles. The second-order valence-corrected chi connectivity index (χ2v) is 6.76. The van der Waals surface area contributed by atoms with E-state index in [1.54, 1.807) is 0 Å². The van der Waals surface area contributed by atoms with Crippen molar-refractivity contribution in [2.24, 2.45) is 11.7 Å². The fourth-order valence-corrected chi connectivity index (χ4v) is 3.62. The van der Waals surface area contributed by atoms with Gasteiger partial charge in [-0.2, -0.15) is 0 Å². The van der Waals surface area contributed by atoms with Crippen LogP contribution in [0.4, 0.5) is 0 Å². The van der Waals surface area contributed by atoms with Crippen molar-refractivity contribution in [1.82, 2.24) is 9.80 Å². The summed E-state index contributed by atoms with van der Waals surface area (Å²) in [6.45, 7) is 1.30. The van der Waals surface area contributed by atoms with Crippen molar-refractivity contribution in [1.29, 1.82) is 0 Å². The summed E-state index contributed by atoms with van der Waals surface area (Å²) in [7, 11) is 4.01. The lowest BCUT2D eigenvalue weighted by Gasteiger charge is -2.32. The number of aliphatic hydroxyl groups is 1. The molecule has 0 aromatic heterocycles. The Labute approximate surface area is 122 Å². The van der Waals surface area contributed by atoms with Crippen LogP contribution in [0.3, 0.4) is 0 Å². The zero-order chi connectivity index (χ0) is 14.7. The van der Waals surface area contributed by atoms with Crippen molar-refractivity contribution < 1.29 is 9.90 Å². The van der Waals surface area contributed by atoms with E-state index in [9.17, 15) is 9.90 Å². The summed E-state index contributed by atoms with van der Waals surface area (Å²) in [5.41, 5.74) is 6.14. The van der Waals surface area contributed by atoms with Gasteiger partial charge < -0.3 is 20.6 Å². The first kappa shape index (κ1) is 15.7. The van der Waals surface area contributed by atoms with E-state index in [-0.39, 0.29) is 24.1 Å². The predicted octanol–water partition coefficient (Wildman–Crippen LogP) is 0.417. The molecule has 4 atom stereocenters. The van der Waals surface area contributed by atoms with E-state index < -0.39 is 0 Å². The highest BCUT2D eigenvalue weighted by atomic mass is 16.3. The molecule has 20 heavy (non-hydrogen) atoms. The van der Waals surface area contributed by atoms with Gasteiger partial charge in [0.2, 0.25) is 5.91 Å². The molecule has 0 aromatic carbocycles. The summed E-state index contributed by atoms with van der Waals surface area (Å²) in [6.07, 6.45) is 5.37. The van der Waals surface area contributed by atoms with Crippen LogP contribution in [-0.2, 0) is 4.79 Å². The Morgan fingerprint density at radius 1 is 1.35 bits per heavy atom. The maximum atomic E-state index is 12.5. The van der Waals surface area contributed by atoms with E-state index in [0.717, 1.165) is 19.4 Å². The highest BCUT2D eigenvalue weighted by molar-refractivity contribution is 5.77. The fraction of sp³-hybridized carbons (Fsp3) is 0.933. The second-order valence-electron chi connectivity index (χ2n) is 6.76. The van der Waals surface area contributed by atoms with E-state index in [1.165, 1.54) is 12.8 Å². The number of aliphatic hydroxyl groups excluding tert-OH is 1. The molecule has 1 aliphatic carbocycles. The largest absolute Gasteiger partial charge is 0.391 e. The first-order chi connectivity index (χ1) is 9.47. The Bertz CT molecular complexity index is 335. The Morgan fingerprint density at radius 3 is 2.70 bits per heavy atom. The molecule has 1 saturated heterocycles. The Kier molecular flexibility index (Phi) is 5.41. The van der Waals surface area contributed by atoms with Crippen molar-refractivity contribution in [2.45, 2.75) is 56.7 Å². The number of nitrogens with two attached hydrogens (primary N) is 1. The lowest BCUT2D eigenvalue weighted by atomic mass is 9.82. The molecule has 5 heteroatoms. The number of likely N-dealkylation sites (N-methyl/N-ethyl adjacent to an activating group) is 1. The average Bonchev–Trinajstić information content (AvgIpc) is 2.72. The van der Waals surface area contributed by atoms with Crippen molar-refractivity contribution in [3.8, 4) is 0 Å². The molecule has 2 aliphatic rings. The topological polar surface area (TPSA) is 69.8 Å². The van der Waals surface area contributed by atoms with Gasteiger partial charge in [-0.15, -0.1) is 0 Å². The minimum absolute atomic E-state index is 0.146. The van der Waals surface area contributed by atoms with Crippen LogP contribution < -0.4 is 5.73 Å². The molecule has 1 amide bonds. The number of carbonyl (C=O) groups is 1. The van der Waals surface area contributed by atoms with E-state index in [1.807, 2.05) is 19.0 Å². The number of rotatable bonds is 4. The third-order valence-corrected chi connectivity index (χ3v) is 4.69. The quantitative estimate of drug-likeness (QED) is 0.784. The van der Waals surface area contributed by atoms with Crippen LogP contribution in [0.1, 0.15) is 38.5 Å². The number of β-amino-alcohol motifs (C(OH)–C–C–N with tert-alkyl or cyclic N) is 1. The minimum Gasteiger partial charge on any atom is -0.391 e. The maximum Gasteiger partial charge on any atom is 0.223 e. The molecule has 3 N–H and O–H groups in total. The van der Waals surface area contributed by atoms with Crippen LogP contribution in [0.5, 0.6) is 0 Å². The fourth-order valence-electron chi connectivity index (χ4n) is 3.62. The van der Waals surface area contributed by atoms with Gasteiger partial charge in [-0.3, -0.25) is 4.79 Å². The Hall–Kier alpha value is -0.650. The minimum atomic E-state index is -0.371. The Balaban J connectivity index is 1.92. The van der Waals surface area contributed by atoms with Gasteiger partial charge in [0, 0.05) is 31.6 Å². The second kappa shape index (κ2) is 6.87. The van der Waals surface area contributed by atoms with Crippen molar-refractivity contribution in [2.75, 3.05) is 27.2 Å². The van der Waals surface area contributed by atoms with Crippen LogP contribution in [-0.4, -0.2) is 66.2 Å². The first-order valence-electron chi connectivity index (χ1n) is 7.85. The molecule has 2 fully saturated rings. The maximum absolute atomic E-state index is 12.5. The summed E-state index contributed by atoms with van der Waals surface area (Å²) in [5, 5.41) is 9.85. The molecule has 0 radical (unpaired) electrons. The highest BCUT2D eigenvalue weighted by Crippen LogP contribution is 2.28. The first-order valence-corrected chi connectivity index (χ1v) is 7.85. The number of likely N-dealkylation sites (tertiary alicyclic amines) is 1. The van der Waals surface area contributed by atoms with Crippen LogP contribution in [0, 0.1) is 5.92 Å². The van der Waals surface area contributed by atoms with Gasteiger partial charge in [-0.05, 0) is 39.3 Å². The third-order valence-electron chi connectivity index (χ3n) is 4.69. The molecule has 5 nitrogen and oxygen atoms in total. The molecular formula is C15H29N3O2. The molecule has 1 saturated carbocycles. The third kappa shape index (κ3) is 3.93. The van der Waals surface area contributed by atoms with Crippen LogP contribution in [0.15, 0.2) is 0 Å². The van der Waals surface area contributed by atoms with Gasteiger partial charge in [-0.25, -0.2) is 0 Å². The van der Waals surface area contributed by atoms with Gasteiger partial charge in [0.05, 0.1) is 6.10 Å². The molecule has 2 rings (SSSR count). The van der Waals surface area contributed by atoms with E-state index >= 15 is 0 Å². The zero-order valence-electron chi connectivity index (χ0n) is 12.8. The predicted molar refractivity (Wildman–Crippen MR) is 79.2 cm³/mol. The molecular weight excluding hydrogens is 254 g/mol. The van der Waals surface area contributed by atoms with E-state index in [4.69, 9.17) is 5.73 Å². The van der Waals surface area contributed by atoms with Gasteiger partial charge in [-0.1, -0.05) is 12.8 Å². The molecule has 116 valence electrons. The summed E-state index contributed by atoms with van der Waals surface area (Å²) < 4.78 is 0. The molecule has 0 aromatic rings. The number of hydrogen-bond donors (Lipinski definition) is 2. The van der Waals surface area contributed by atoms with Crippen LogP contribution in [0.25, 0.3) is 0 Å². The van der Waals surface area contributed by atoms with Gasteiger partial charge in [0.25, 0.3) is 0 Å². The van der Waals surface area contributed by atoms with E-state index in [0.29, 0.717) is 25.3 Å². The van der Waals surface area contributed by atoms with Crippen LogP contribution >= 0.6 is 0 Å². The summed E-state index contributed by atoms with van der Waals surface area (Å²) in [6, 6.07) is 0.319. The standard InChI is InChI=1S/C15H29N3O2/c1-17(2)9-12-8-13(19)10-18(12)15(20)7-11-5-3-4-6-14(11)16/h11-14,19H,3-10,16H2,1-2H3. The van der Waals surface area contributed by atoms with E-state index in [2.05, 4.69) is 4.90 Å². The SMILES string of the molecule is CN(C)CC1CC(O)CN1C(=O)CC1CCCCC1N. The Morgan fingerprint density at radius 2 is 2.05 bits per heavy atom. The number of nitrogens with zero attached hydrogens (tertiary/aromatic N) is 2. The van der Waals surface area contributed by atoms with Gasteiger partial charge >= 0.3 is 0 Å². The highest BCUT2D eigenvalue weighted by Gasteiger charge is 2.36. The number of carbonyl (C=O) groups excluding carboxylic acids is 1. The van der Waals surface area contributed by atoms with Crippen molar-refractivity contribution in [3.63, 3.8) is 0 Å². The molecule has 1 aliphatic heterocycles. The zero-order valence-corrected chi connectivity index (χ0v) is 12.8. The van der Waals surface area contributed by atoms with Crippen molar-refractivity contribution in [3.05, 3.63) is 0 Å². The van der Waals surface area contributed by atoms with Gasteiger partial charge in [0.1, 0.15) is 0 Å². The monoisotopic (exact) mass is 283 g/mol. The summed E-state index contributed by atoms with van der Waals surface area (Å²) in [4.78, 5) is 16.5. The lowest BCUT2D eigenvalue weighted by molar-refractivity contribution is -0.134.